The summed E-state index contributed by atoms with van der Waals surface area (Å²) in [5.41, 5.74) is 0.345. The molecule has 2 rings (SSSR count). The highest BCUT2D eigenvalue weighted by atomic mass is 79.9. The smallest absolute Gasteiger partial charge is 0.299 e. The van der Waals surface area contributed by atoms with Gasteiger partial charge in [0.05, 0.1) is 7.11 Å². The normalized spacial score (nSPS) is 11.3. The van der Waals surface area contributed by atoms with E-state index in [1.807, 2.05) is 0 Å². The maximum Gasteiger partial charge on any atom is 0.299 e. The van der Waals surface area contributed by atoms with Gasteiger partial charge in [0.1, 0.15) is 0 Å². The molecule has 0 amide bonds. The van der Waals surface area contributed by atoms with Crippen LogP contribution in [-0.2, 0) is 0 Å². The maximum absolute atomic E-state index is 12.3. The first-order chi connectivity index (χ1) is 7.13. The van der Waals surface area contributed by atoms with Gasteiger partial charge in [-0.3, -0.25) is 0 Å². The summed E-state index contributed by atoms with van der Waals surface area (Å²) in [7, 11) is 1.48. The number of hydrogen-bond donors (Lipinski definition) is 0. The van der Waals surface area contributed by atoms with Crippen molar-refractivity contribution >= 4 is 21.6 Å². The van der Waals surface area contributed by atoms with Gasteiger partial charge in [0.15, 0.2) is 16.0 Å². The number of alkyl halides is 2. The molecule has 0 aliphatic rings. The van der Waals surface area contributed by atoms with E-state index in [-0.39, 0.29) is 0 Å². The monoisotopic (exact) mass is 277 g/mol. The van der Waals surface area contributed by atoms with Gasteiger partial charge in [-0.05, 0) is 28.1 Å². The van der Waals surface area contributed by atoms with Crippen molar-refractivity contribution in [1.82, 2.24) is 14.6 Å². The van der Waals surface area contributed by atoms with E-state index in [1.165, 1.54) is 11.6 Å². The molecule has 0 atom stereocenters. The standard InChI is InChI=1S/C8H6BrF2N3O/c1-15-4-2-3-5-12-8(7(10)11)13-14(5)6(4)9/h2-3,7H,1H3. The van der Waals surface area contributed by atoms with E-state index in [9.17, 15) is 8.78 Å². The Morgan fingerprint density at radius 3 is 2.80 bits per heavy atom. The van der Waals surface area contributed by atoms with Crippen molar-refractivity contribution in [2.45, 2.75) is 6.43 Å². The van der Waals surface area contributed by atoms with Gasteiger partial charge in [0.25, 0.3) is 6.43 Å². The number of fused-ring (bicyclic) bond motifs is 1. The Bertz CT molecular complexity index is 500. The molecule has 4 nitrogen and oxygen atoms in total. The number of methoxy groups -OCH3 is 1. The summed E-state index contributed by atoms with van der Waals surface area (Å²) in [6.45, 7) is 0. The summed E-state index contributed by atoms with van der Waals surface area (Å²) in [5, 5.41) is 3.65. The molecular weight excluding hydrogens is 272 g/mol. The molecule has 0 N–H and O–H groups in total. The van der Waals surface area contributed by atoms with E-state index in [0.29, 0.717) is 16.0 Å². The number of ether oxygens (including phenoxy) is 1. The zero-order valence-electron chi connectivity index (χ0n) is 7.62. The third-order valence-corrected chi connectivity index (χ3v) is 2.56. The minimum absolute atomic E-state index is 0.345. The lowest BCUT2D eigenvalue weighted by Gasteiger charge is -2.02. The zero-order valence-corrected chi connectivity index (χ0v) is 9.20. The second kappa shape index (κ2) is 3.73. The summed E-state index contributed by atoms with van der Waals surface area (Å²) in [5.74, 6) is 0.0113. The number of rotatable bonds is 2. The van der Waals surface area contributed by atoms with Crippen LogP contribution in [0, 0.1) is 0 Å². The van der Waals surface area contributed by atoms with E-state index < -0.39 is 12.2 Å². The second-order valence-corrected chi connectivity index (χ2v) is 3.48. The van der Waals surface area contributed by atoms with Crippen molar-refractivity contribution in [3.05, 3.63) is 22.6 Å². The highest BCUT2D eigenvalue weighted by Crippen LogP contribution is 2.26. The molecule has 0 saturated carbocycles. The lowest BCUT2D eigenvalue weighted by atomic mass is 10.4. The first-order valence-corrected chi connectivity index (χ1v) is 4.80. The van der Waals surface area contributed by atoms with Crippen molar-refractivity contribution in [3.63, 3.8) is 0 Å². The topological polar surface area (TPSA) is 39.4 Å². The minimum atomic E-state index is -2.68. The van der Waals surface area contributed by atoms with Crippen LogP contribution in [0.2, 0.25) is 0 Å². The van der Waals surface area contributed by atoms with E-state index in [0.717, 1.165) is 0 Å². The predicted molar refractivity (Wildman–Crippen MR) is 52.2 cm³/mol. The third kappa shape index (κ3) is 1.67. The largest absolute Gasteiger partial charge is 0.494 e. The number of hydrogen-bond acceptors (Lipinski definition) is 3. The van der Waals surface area contributed by atoms with Crippen LogP contribution in [0.25, 0.3) is 5.65 Å². The van der Waals surface area contributed by atoms with Crippen molar-refractivity contribution in [3.8, 4) is 5.75 Å². The number of nitrogens with zero attached hydrogens (tertiary/aromatic N) is 3. The average molecular weight is 278 g/mol. The highest BCUT2D eigenvalue weighted by molar-refractivity contribution is 9.10. The van der Waals surface area contributed by atoms with E-state index >= 15 is 0 Å². The summed E-state index contributed by atoms with van der Waals surface area (Å²) >= 11 is 3.20. The van der Waals surface area contributed by atoms with Gasteiger partial charge in [-0.1, -0.05) is 0 Å². The highest BCUT2D eigenvalue weighted by Gasteiger charge is 2.16. The average Bonchev–Trinajstić information content (AvgIpc) is 2.63. The van der Waals surface area contributed by atoms with Crippen LogP contribution in [0.15, 0.2) is 16.7 Å². The molecule has 0 aromatic carbocycles. The third-order valence-electron chi connectivity index (χ3n) is 1.84. The van der Waals surface area contributed by atoms with Gasteiger partial charge in [0, 0.05) is 0 Å². The van der Waals surface area contributed by atoms with Gasteiger partial charge in [-0.15, -0.1) is 5.10 Å². The summed E-state index contributed by atoms with van der Waals surface area (Å²) in [6.07, 6.45) is -2.68. The van der Waals surface area contributed by atoms with Crippen molar-refractivity contribution < 1.29 is 13.5 Å². The van der Waals surface area contributed by atoms with Gasteiger partial charge in [-0.25, -0.2) is 18.3 Å². The molecule has 0 fully saturated rings. The molecule has 2 aromatic rings. The number of aromatic nitrogens is 3. The Kier molecular flexibility index (Phi) is 2.56. The van der Waals surface area contributed by atoms with Crippen LogP contribution < -0.4 is 4.74 Å². The fourth-order valence-electron chi connectivity index (χ4n) is 1.16. The van der Waals surface area contributed by atoms with E-state index in [1.54, 1.807) is 12.1 Å². The summed E-state index contributed by atoms with van der Waals surface area (Å²) in [4.78, 5) is 3.66. The molecule has 80 valence electrons. The molecule has 0 aliphatic heterocycles. The Balaban J connectivity index is 2.66. The lowest BCUT2D eigenvalue weighted by molar-refractivity contribution is 0.140. The van der Waals surface area contributed by atoms with Crippen LogP contribution in [0.5, 0.6) is 5.75 Å². The van der Waals surface area contributed by atoms with Gasteiger partial charge < -0.3 is 4.74 Å². The van der Waals surface area contributed by atoms with Gasteiger partial charge >= 0.3 is 0 Å². The Morgan fingerprint density at radius 1 is 1.47 bits per heavy atom. The predicted octanol–water partition coefficient (Wildman–Crippen LogP) is 2.44. The van der Waals surface area contributed by atoms with Crippen molar-refractivity contribution in [2.24, 2.45) is 0 Å². The number of halogens is 3. The Labute approximate surface area is 92.0 Å². The molecule has 0 saturated heterocycles. The Morgan fingerprint density at radius 2 is 2.20 bits per heavy atom. The molecular formula is C8H6BrF2N3O. The van der Waals surface area contributed by atoms with E-state index in [4.69, 9.17) is 4.74 Å². The Hall–Kier alpha value is -1.24. The fourth-order valence-corrected chi connectivity index (χ4v) is 1.72. The zero-order chi connectivity index (χ0) is 11.0. The molecule has 2 aromatic heterocycles. The maximum atomic E-state index is 12.3. The van der Waals surface area contributed by atoms with Crippen LogP contribution in [0.4, 0.5) is 8.78 Å². The van der Waals surface area contributed by atoms with Crippen LogP contribution in [0.3, 0.4) is 0 Å². The molecule has 0 bridgehead atoms. The lowest BCUT2D eigenvalue weighted by Crippen LogP contribution is -1.94. The van der Waals surface area contributed by atoms with Gasteiger partial charge in [-0.2, -0.15) is 0 Å². The molecule has 0 unspecified atom stereocenters. The fraction of sp³-hybridized carbons (Fsp3) is 0.250. The van der Waals surface area contributed by atoms with Crippen LogP contribution >= 0.6 is 15.9 Å². The quantitative estimate of drug-likeness (QED) is 0.792. The molecule has 0 radical (unpaired) electrons. The van der Waals surface area contributed by atoms with Crippen molar-refractivity contribution in [2.75, 3.05) is 7.11 Å². The first-order valence-electron chi connectivity index (χ1n) is 4.01. The first kappa shape index (κ1) is 10.3. The minimum Gasteiger partial charge on any atom is -0.494 e. The molecule has 15 heavy (non-hydrogen) atoms. The van der Waals surface area contributed by atoms with Crippen molar-refractivity contribution in [1.29, 1.82) is 0 Å². The molecule has 2 heterocycles. The van der Waals surface area contributed by atoms with E-state index in [2.05, 4.69) is 26.0 Å². The number of pyridine rings is 1. The molecule has 7 heteroatoms. The second-order valence-electron chi connectivity index (χ2n) is 2.73. The summed E-state index contributed by atoms with van der Waals surface area (Å²) < 4.78 is 31.4. The molecule has 0 spiro atoms. The van der Waals surface area contributed by atoms with Crippen LogP contribution in [-0.4, -0.2) is 21.7 Å². The van der Waals surface area contributed by atoms with Crippen LogP contribution in [0.1, 0.15) is 12.2 Å². The molecule has 0 aliphatic carbocycles. The SMILES string of the molecule is COc1ccc2nc(C(F)F)nn2c1Br. The van der Waals surface area contributed by atoms with Gasteiger partial charge in [0.2, 0.25) is 5.82 Å². The summed E-state index contributed by atoms with van der Waals surface area (Å²) in [6, 6.07) is 3.19.